The van der Waals surface area contributed by atoms with Crippen LogP contribution in [0.4, 0.5) is 5.13 Å². The third-order valence-corrected chi connectivity index (χ3v) is 4.28. The van der Waals surface area contributed by atoms with E-state index in [1.54, 1.807) is 0 Å². The minimum Gasteiger partial charge on any atom is -0.296 e. The highest BCUT2D eigenvalue weighted by atomic mass is 32.1. The first-order chi connectivity index (χ1) is 11.0. The molecule has 1 heterocycles. The molecule has 3 rings (SSSR count). The van der Waals surface area contributed by atoms with Gasteiger partial charge in [0.15, 0.2) is 0 Å². The number of aryl methyl sites for hydroxylation is 3. The van der Waals surface area contributed by atoms with Crippen LogP contribution in [0.3, 0.4) is 0 Å². The van der Waals surface area contributed by atoms with Crippen molar-refractivity contribution < 1.29 is 4.79 Å². The van der Waals surface area contributed by atoms with Crippen LogP contribution >= 0.6 is 11.3 Å². The van der Waals surface area contributed by atoms with Crippen LogP contribution in [0.25, 0.3) is 10.6 Å². The fourth-order valence-corrected chi connectivity index (χ4v) is 3.18. The zero-order valence-corrected chi connectivity index (χ0v) is 14.1. The highest BCUT2D eigenvalue weighted by Crippen LogP contribution is 2.27. The van der Waals surface area contributed by atoms with Crippen molar-refractivity contribution in [2.45, 2.75) is 20.8 Å². The van der Waals surface area contributed by atoms with E-state index in [1.165, 1.54) is 16.9 Å². The molecule has 0 saturated carbocycles. The van der Waals surface area contributed by atoms with E-state index in [0.717, 1.165) is 21.7 Å². The zero-order chi connectivity index (χ0) is 16.4. The molecule has 0 aliphatic rings. The quantitative estimate of drug-likeness (QED) is 0.778. The largest absolute Gasteiger partial charge is 0.296 e. The minimum atomic E-state index is -0.163. The van der Waals surface area contributed by atoms with Crippen LogP contribution in [-0.2, 0) is 0 Å². The summed E-state index contributed by atoms with van der Waals surface area (Å²) in [5.41, 5.74) is 4.93. The van der Waals surface area contributed by atoms with E-state index < -0.39 is 0 Å². The third-order valence-electron chi connectivity index (χ3n) is 3.39. The smallest absolute Gasteiger partial charge is 0.257 e. The molecule has 0 aliphatic carbocycles. The number of rotatable bonds is 3. The number of nitrogens with one attached hydrogen (secondary N) is 1. The lowest BCUT2D eigenvalue weighted by Gasteiger charge is -2.04. The summed E-state index contributed by atoms with van der Waals surface area (Å²) >= 11 is 1.37. The maximum absolute atomic E-state index is 12.3. The number of benzene rings is 2. The molecule has 116 valence electrons. The number of carbonyl (C=O) groups excluding carboxylic acids is 1. The van der Waals surface area contributed by atoms with Gasteiger partial charge in [0.05, 0.1) is 0 Å². The van der Waals surface area contributed by atoms with Crippen molar-refractivity contribution in [1.82, 2.24) is 10.2 Å². The number of carbonyl (C=O) groups is 1. The monoisotopic (exact) mass is 323 g/mol. The summed E-state index contributed by atoms with van der Waals surface area (Å²) in [4.78, 5) is 12.3. The summed E-state index contributed by atoms with van der Waals surface area (Å²) in [6, 6.07) is 13.8. The van der Waals surface area contributed by atoms with E-state index in [4.69, 9.17) is 0 Å². The van der Waals surface area contributed by atoms with Crippen LogP contribution in [0.2, 0.25) is 0 Å². The van der Waals surface area contributed by atoms with Gasteiger partial charge in [-0.2, -0.15) is 0 Å². The Morgan fingerprint density at radius 1 is 0.957 bits per heavy atom. The molecule has 0 unspecified atom stereocenters. The molecule has 5 heteroatoms. The van der Waals surface area contributed by atoms with E-state index in [0.29, 0.717) is 10.7 Å². The fraction of sp³-hybridized carbons (Fsp3) is 0.167. The molecule has 1 amide bonds. The van der Waals surface area contributed by atoms with E-state index in [1.807, 2.05) is 57.2 Å². The van der Waals surface area contributed by atoms with Gasteiger partial charge in [-0.3, -0.25) is 10.1 Å². The van der Waals surface area contributed by atoms with Gasteiger partial charge in [-0.1, -0.05) is 52.3 Å². The van der Waals surface area contributed by atoms with Crippen molar-refractivity contribution >= 4 is 22.4 Å². The van der Waals surface area contributed by atoms with Crippen molar-refractivity contribution in [3.8, 4) is 10.6 Å². The topological polar surface area (TPSA) is 54.9 Å². The van der Waals surface area contributed by atoms with Gasteiger partial charge in [0, 0.05) is 11.1 Å². The Hall–Kier alpha value is -2.53. The first-order valence-electron chi connectivity index (χ1n) is 7.31. The maximum Gasteiger partial charge on any atom is 0.257 e. The van der Waals surface area contributed by atoms with Crippen molar-refractivity contribution in [3.63, 3.8) is 0 Å². The van der Waals surface area contributed by atoms with Crippen LogP contribution in [0.1, 0.15) is 27.0 Å². The molecule has 0 atom stereocenters. The Balaban J connectivity index is 1.80. The van der Waals surface area contributed by atoms with Gasteiger partial charge in [-0.25, -0.2) is 0 Å². The number of aromatic nitrogens is 2. The molecule has 0 fully saturated rings. The minimum absolute atomic E-state index is 0.163. The second-order valence-electron chi connectivity index (χ2n) is 5.61. The van der Waals surface area contributed by atoms with Crippen molar-refractivity contribution in [2.24, 2.45) is 0 Å². The predicted molar refractivity (Wildman–Crippen MR) is 94.0 cm³/mol. The van der Waals surface area contributed by atoms with Gasteiger partial charge in [0.25, 0.3) is 5.91 Å². The Bertz CT molecular complexity index is 850. The number of amides is 1. The van der Waals surface area contributed by atoms with Crippen LogP contribution in [0, 0.1) is 20.8 Å². The molecular formula is C18H17N3OS. The summed E-state index contributed by atoms with van der Waals surface area (Å²) in [6.07, 6.45) is 0. The van der Waals surface area contributed by atoms with Gasteiger partial charge >= 0.3 is 0 Å². The average molecular weight is 323 g/mol. The molecule has 0 bridgehead atoms. The Morgan fingerprint density at radius 2 is 1.70 bits per heavy atom. The molecule has 0 spiro atoms. The van der Waals surface area contributed by atoms with E-state index >= 15 is 0 Å². The van der Waals surface area contributed by atoms with Gasteiger partial charge in [-0.15, -0.1) is 10.2 Å². The lowest BCUT2D eigenvalue weighted by atomic mass is 10.1. The number of nitrogens with zero attached hydrogens (tertiary/aromatic N) is 2. The normalized spacial score (nSPS) is 10.6. The lowest BCUT2D eigenvalue weighted by molar-refractivity contribution is 0.102. The number of hydrogen-bond donors (Lipinski definition) is 1. The molecule has 0 radical (unpaired) electrons. The first kappa shape index (κ1) is 15.4. The van der Waals surface area contributed by atoms with Gasteiger partial charge < -0.3 is 0 Å². The third kappa shape index (κ3) is 3.63. The van der Waals surface area contributed by atoms with Crippen LogP contribution in [-0.4, -0.2) is 16.1 Å². The predicted octanol–water partition coefficient (Wildman–Crippen LogP) is 4.38. The molecule has 0 aliphatic heterocycles. The Morgan fingerprint density at radius 3 is 2.39 bits per heavy atom. The summed E-state index contributed by atoms with van der Waals surface area (Å²) in [6.45, 7) is 5.99. The molecule has 23 heavy (non-hydrogen) atoms. The lowest BCUT2D eigenvalue weighted by Crippen LogP contribution is -2.12. The second kappa shape index (κ2) is 6.30. The number of hydrogen-bond acceptors (Lipinski definition) is 4. The molecule has 4 nitrogen and oxygen atoms in total. The second-order valence-corrected chi connectivity index (χ2v) is 6.59. The van der Waals surface area contributed by atoms with Crippen LogP contribution in [0.15, 0.2) is 42.5 Å². The Labute approximate surface area is 139 Å². The van der Waals surface area contributed by atoms with E-state index in [9.17, 15) is 4.79 Å². The molecular weight excluding hydrogens is 306 g/mol. The highest BCUT2D eigenvalue weighted by Gasteiger charge is 2.12. The number of anilines is 1. The summed E-state index contributed by atoms with van der Waals surface area (Å²) in [5.74, 6) is -0.163. The molecule has 1 N–H and O–H groups in total. The zero-order valence-electron chi connectivity index (χ0n) is 13.3. The van der Waals surface area contributed by atoms with Crippen molar-refractivity contribution in [3.05, 3.63) is 64.7 Å². The SMILES string of the molecule is Cc1cc(C)cc(C(=O)Nc2nnc(-c3cccc(C)c3)s2)c1. The summed E-state index contributed by atoms with van der Waals surface area (Å²) in [7, 11) is 0. The fourth-order valence-electron chi connectivity index (χ4n) is 2.44. The first-order valence-corrected chi connectivity index (χ1v) is 8.13. The van der Waals surface area contributed by atoms with Gasteiger partial charge in [0.1, 0.15) is 5.01 Å². The Kier molecular flexibility index (Phi) is 4.21. The van der Waals surface area contributed by atoms with Gasteiger partial charge in [-0.05, 0) is 39.0 Å². The summed E-state index contributed by atoms with van der Waals surface area (Å²) < 4.78 is 0. The van der Waals surface area contributed by atoms with Crippen LogP contribution < -0.4 is 5.32 Å². The van der Waals surface area contributed by atoms with Crippen LogP contribution in [0.5, 0.6) is 0 Å². The van der Waals surface area contributed by atoms with Gasteiger partial charge in [0.2, 0.25) is 5.13 Å². The molecule has 1 aromatic heterocycles. The average Bonchev–Trinajstić information content (AvgIpc) is 2.95. The molecule has 0 saturated heterocycles. The molecule has 2 aromatic carbocycles. The van der Waals surface area contributed by atoms with E-state index in [2.05, 4.69) is 21.6 Å². The van der Waals surface area contributed by atoms with E-state index in [-0.39, 0.29) is 5.91 Å². The van der Waals surface area contributed by atoms with Crippen molar-refractivity contribution in [2.75, 3.05) is 5.32 Å². The van der Waals surface area contributed by atoms with Crippen molar-refractivity contribution in [1.29, 1.82) is 0 Å². The standard InChI is InChI=1S/C18H17N3OS/c1-11-5-4-6-14(8-11)17-20-21-18(23-17)19-16(22)15-9-12(2)7-13(3)10-15/h4-10H,1-3H3,(H,19,21,22). The highest BCUT2D eigenvalue weighted by molar-refractivity contribution is 7.18. The summed E-state index contributed by atoms with van der Waals surface area (Å²) in [5, 5.41) is 12.4. The molecule has 3 aromatic rings. The maximum atomic E-state index is 12.3.